The van der Waals surface area contributed by atoms with E-state index in [1.807, 2.05) is 20.9 Å². The molecule has 0 aliphatic carbocycles. The van der Waals surface area contributed by atoms with Gasteiger partial charge in [0.15, 0.2) is 5.75 Å². The van der Waals surface area contributed by atoms with Crippen LogP contribution in [0, 0.1) is 13.8 Å². The molecular formula is C11H15N5O. The maximum absolute atomic E-state index is 5.78. The zero-order valence-corrected chi connectivity index (χ0v) is 10.1. The topological polar surface area (TPSA) is 78.0 Å². The van der Waals surface area contributed by atoms with E-state index in [0.717, 1.165) is 17.1 Å². The average molecular weight is 233 g/mol. The van der Waals surface area contributed by atoms with Crippen LogP contribution in [0.5, 0.6) is 11.5 Å². The fraction of sp³-hybridized carbons (Fsp3) is 0.273. The summed E-state index contributed by atoms with van der Waals surface area (Å²) in [4.78, 5) is 4.01. The first kappa shape index (κ1) is 11.4. The Labute approximate surface area is 99.4 Å². The van der Waals surface area contributed by atoms with Crippen LogP contribution in [-0.2, 0) is 7.05 Å². The molecular weight excluding hydrogens is 218 g/mol. The van der Waals surface area contributed by atoms with Crippen molar-refractivity contribution in [3.8, 4) is 11.5 Å². The fourth-order valence-electron chi connectivity index (χ4n) is 1.57. The number of aryl methyl sites for hydroxylation is 2. The molecule has 0 amide bonds. The van der Waals surface area contributed by atoms with Crippen molar-refractivity contribution in [2.24, 2.45) is 12.9 Å². The zero-order valence-electron chi connectivity index (χ0n) is 10.1. The smallest absolute Gasteiger partial charge is 0.171 e. The summed E-state index contributed by atoms with van der Waals surface area (Å²) in [7, 11) is 1.88. The van der Waals surface area contributed by atoms with Gasteiger partial charge in [0.05, 0.1) is 5.69 Å². The van der Waals surface area contributed by atoms with Gasteiger partial charge < -0.3 is 10.2 Å². The highest BCUT2D eigenvalue weighted by Crippen LogP contribution is 2.28. The molecule has 0 aliphatic rings. The molecule has 2 heterocycles. The van der Waals surface area contributed by atoms with Gasteiger partial charge in [-0.1, -0.05) is 0 Å². The first-order chi connectivity index (χ1) is 8.11. The predicted octanol–water partition coefficient (Wildman–Crippen LogP) is 1.51. The molecule has 17 heavy (non-hydrogen) atoms. The lowest BCUT2D eigenvalue weighted by molar-refractivity contribution is 0.473. The van der Waals surface area contributed by atoms with Gasteiger partial charge in [-0.2, -0.15) is 5.10 Å². The van der Waals surface area contributed by atoms with Crippen LogP contribution in [-0.4, -0.2) is 14.8 Å². The van der Waals surface area contributed by atoms with Crippen molar-refractivity contribution in [2.45, 2.75) is 13.8 Å². The normalized spacial score (nSPS) is 10.4. The molecule has 0 saturated carbocycles. The number of hydrogen-bond donors (Lipinski definition) is 2. The number of nitrogens with one attached hydrogen (secondary N) is 1. The van der Waals surface area contributed by atoms with Gasteiger partial charge in [-0.05, 0) is 19.9 Å². The highest BCUT2D eigenvalue weighted by atomic mass is 16.5. The van der Waals surface area contributed by atoms with Crippen molar-refractivity contribution < 1.29 is 4.74 Å². The zero-order chi connectivity index (χ0) is 12.4. The number of hydrogen-bond acceptors (Lipinski definition) is 5. The van der Waals surface area contributed by atoms with Gasteiger partial charge in [-0.15, -0.1) is 0 Å². The number of anilines is 1. The van der Waals surface area contributed by atoms with Crippen LogP contribution in [0.3, 0.4) is 0 Å². The highest BCUT2D eigenvalue weighted by molar-refractivity contribution is 5.43. The Morgan fingerprint density at radius 1 is 1.41 bits per heavy atom. The third-order valence-corrected chi connectivity index (χ3v) is 2.54. The minimum Gasteiger partial charge on any atom is -0.453 e. The van der Waals surface area contributed by atoms with Crippen LogP contribution in [0.15, 0.2) is 18.3 Å². The van der Waals surface area contributed by atoms with Gasteiger partial charge in [0, 0.05) is 19.3 Å². The summed E-state index contributed by atoms with van der Waals surface area (Å²) in [5, 5.41) is 4.29. The van der Waals surface area contributed by atoms with Gasteiger partial charge >= 0.3 is 0 Å². The standard InChI is InChI=1S/C11H15N5O/c1-7-11(8(2)16(3)15-7)17-9-4-5-13-10(6-9)14-12/h4-6H,12H2,1-3H3,(H,13,14). The van der Waals surface area contributed by atoms with Crippen molar-refractivity contribution in [1.29, 1.82) is 0 Å². The molecule has 0 aromatic carbocycles. The van der Waals surface area contributed by atoms with Crippen LogP contribution in [0.1, 0.15) is 11.4 Å². The van der Waals surface area contributed by atoms with Gasteiger partial charge in [0.2, 0.25) is 0 Å². The molecule has 0 unspecified atom stereocenters. The van der Waals surface area contributed by atoms with E-state index in [4.69, 9.17) is 10.6 Å². The molecule has 6 heteroatoms. The van der Waals surface area contributed by atoms with E-state index >= 15 is 0 Å². The molecule has 0 bridgehead atoms. The number of nitrogens with zero attached hydrogens (tertiary/aromatic N) is 3. The molecule has 0 fully saturated rings. The summed E-state index contributed by atoms with van der Waals surface area (Å²) in [6.07, 6.45) is 1.63. The first-order valence-corrected chi connectivity index (χ1v) is 5.22. The summed E-state index contributed by atoms with van der Waals surface area (Å²) in [5.41, 5.74) is 4.30. The molecule has 2 rings (SSSR count). The Morgan fingerprint density at radius 2 is 2.18 bits per heavy atom. The molecule has 3 N–H and O–H groups in total. The monoisotopic (exact) mass is 233 g/mol. The Balaban J connectivity index is 2.31. The number of hydrazine groups is 1. The number of ether oxygens (including phenoxy) is 1. The molecule has 90 valence electrons. The van der Waals surface area contributed by atoms with E-state index in [0.29, 0.717) is 11.6 Å². The van der Waals surface area contributed by atoms with Crippen LogP contribution >= 0.6 is 0 Å². The Hall–Kier alpha value is -2.08. The lowest BCUT2D eigenvalue weighted by atomic mass is 10.3. The number of aromatic nitrogens is 3. The maximum atomic E-state index is 5.78. The second kappa shape index (κ2) is 4.42. The van der Waals surface area contributed by atoms with E-state index < -0.39 is 0 Å². The highest BCUT2D eigenvalue weighted by Gasteiger charge is 2.11. The number of nitrogens with two attached hydrogens (primary N) is 1. The fourth-order valence-corrected chi connectivity index (χ4v) is 1.57. The summed E-state index contributed by atoms with van der Waals surface area (Å²) in [6, 6.07) is 3.50. The van der Waals surface area contributed by atoms with E-state index in [9.17, 15) is 0 Å². The average Bonchev–Trinajstić information content (AvgIpc) is 2.56. The van der Waals surface area contributed by atoms with Crippen molar-refractivity contribution in [2.75, 3.05) is 5.43 Å². The van der Waals surface area contributed by atoms with E-state index in [1.165, 1.54) is 0 Å². The van der Waals surface area contributed by atoms with Crippen LogP contribution in [0.2, 0.25) is 0 Å². The second-order valence-corrected chi connectivity index (χ2v) is 3.75. The minimum atomic E-state index is 0.557. The van der Waals surface area contributed by atoms with Crippen molar-refractivity contribution in [3.63, 3.8) is 0 Å². The summed E-state index contributed by atoms with van der Waals surface area (Å²) in [5.74, 6) is 7.29. The molecule has 0 aliphatic heterocycles. The number of nitrogen functional groups attached to an aromatic ring is 1. The van der Waals surface area contributed by atoms with Crippen LogP contribution < -0.4 is 16.0 Å². The van der Waals surface area contributed by atoms with E-state index in [2.05, 4.69) is 15.5 Å². The predicted molar refractivity (Wildman–Crippen MR) is 64.8 cm³/mol. The third-order valence-electron chi connectivity index (χ3n) is 2.54. The lowest BCUT2D eigenvalue weighted by Crippen LogP contribution is -2.08. The molecule has 0 saturated heterocycles. The van der Waals surface area contributed by atoms with Crippen LogP contribution in [0.4, 0.5) is 5.82 Å². The van der Waals surface area contributed by atoms with Crippen molar-refractivity contribution >= 4 is 5.82 Å². The maximum Gasteiger partial charge on any atom is 0.171 e. The lowest BCUT2D eigenvalue weighted by Gasteiger charge is -2.07. The van der Waals surface area contributed by atoms with E-state index in [-0.39, 0.29) is 0 Å². The van der Waals surface area contributed by atoms with Crippen molar-refractivity contribution in [1.82, 2.24) is 14.8 Å². The minimum absolute atomic E-state index is 0.557. The Kier molecular flexibility index (Phi) is 2.97. The quantitative estimate of drug-likeness (QED) is 0.620. The van der Waals surface area contributed by atoms with Gasteiger partial charge in [-0.25, -0.2) is 10.8 Å². The van der Waals surface area contributed by atoms with Gasteiger partial charge in [-0.3, -0.25) is 4.68 Å². The molecule has 0 radical (unpaired) electrons. The van der Waals surface area contributed by atoms with Gasteiger partial charge in [0.25, 0.3) is 0 Å². The largest absolute Gasteiger partial charge is 0.453 e. The molecule has 0 spiro atoms. The van der Waals surface area contributed by atoms with Gasteiger partial charge in [0.1, 0.15) is 17.3 Å². The first-order valence-electron chi connectivity index (χ1n) is 5.22. The number of pyridine rings is 1. The summed E-state index contributed by atoms with van der Waals surface area (Å²) < 4.78 is 7.57. The van der Waals surface area contributed by atoms with Crippen molar-refractivity contribution in [3.05, 3.63) is 29.7 Å². The molecule has 2 aromatic heterocycles. The van der Waals surface area contributed by atoms with Crippen LogP contribution in [0.25, 0.3) is 0 Å². The number of rotatable bonds is 3. The molecule has 0 atom stereocenters. The third kappa shape index (κ3) is 2.21. The Morgan fingerprint density at radius 3 is 2.76 bits per heavy atom. The van der Waals surface area contributed by atoms with E-state index in [1.54, 1.807) is 23.0 Å². The molecule has 6 nitrogen and oxygen atoms in total. The Bertz CT molecular complexity index is 535. The molecule has 2 aromatic rings. The SMILES string of the molecule is Cc1nn(C)c(C)c1Oc1ccnc(NN)c1. The summed E-state index contributed by atoms with van der Waals surface area (Å²) in [6.45, 7) is 3.87. The summed E-state index contributed by atoms with van der Waals surface area (Å²) >= 11 is 0. The second-order valence-electron chi connectivity index (χ2n) is 3.75.